The molecule has 0 radical (unpaired) electrons. The molecule has 0 aliphatic heterocycles. The van der Waals surface area contributed by atoms with Crippen molar-refractivity contribution in [3.8, 4) is 11.3 Å². The lowest BCUT2D eigenvalue weighted by molar-refractivity contribution is 0.523. The number of benzene rings is 1. The Labute approximate surface area is 97.0 Å². The molecule has 0 saturated carbocycles. The van der Waals surface area contributed by atoms with Gasteiger partial charge in [0, 0.05) is 18.3 Å². The zero-order valence-electron chi connectivity index (χ0n) is 10.1. The van der Waals surface area contributed by atoms with Gasteiger partial charge in [-0.3, -0.25) is 0 Å². The molecule has 0 saturated heterocycles. The lowest BCUT2D eigenvalue weighted by atomic mass is 10.1. The zero-order valence-corrected chi connectivity index (χ0v) is 10.1. The molecule has 0 aliphatic rings. The largest absolute Gasteiger partial charge is 0.337 e. The normalized spacial score (nSPS) is 11.0. The van der Waals surface area contributed by atoms with E-state index in [1.807, 2.05) is 6.33 Å². The summed E-state index contributed by atoms with van der Waals surface area (Å²) in [7, 11) is 0. The minimum atomic E-state index is 0.653. The molecule has 0 unspecified atom stereocenters. The Morgan fingerprint density at radius 1 is 1.19 bits per heavy atom. The van der Waals surface area contributed by atoms with E-state index in [1.54, 1.807) is 0 Å². The molecule has 0 amide bonds. The first-order valence-electron chi connectivity index (χ1n) is 5.74. The van der Waals surface area contributed by atoms with Crippen LogP contribution in [-0.2, 0) is 6.54 Å². The van der Waals surface area contributed by atoms with E-state index in [2.05, 4.69) is 60.8 Å². The Morgan fingerprint density at radius 2 is 1.88 bits per heavy atom. The van der Waals surface area contributed by atoms with E-state index in [9.17, 15) is 0 Å². The molecule has 2 rings (SSSR count). The molecule has 0 aliphatic carbocycles. The summed E-state index contributed by atoms with van der Waals surface area (Å²) in [5, 5.41) is 0. The van der Waals surface area contributed by atoms with Crippen molar-refractivity contribution in [1.82, 2.24) is 9.55 Å². The van der Waals surface area contributed by atoms with Crippen LogP contribution in [0.1, 0.15) is 19.4 Å². The quantitative estimate of drug-likeness (QED) is 0.764. The Bertz CT molecular complexity index is 452. The second-order valence-corrected chi connectivity index (χ2v) is 4.72. The smallest absolute Gasteiger partial charge is 0.0953 e. The van der Waals surface area contributed by atoms with Crippen molar-refractivity contribution < 1.29 is 0 Å². The Morgan fingerprint density at radius 3 is 2.50 bits per heavy atom. The maximum atomic E-state index is 4.43. The highest BCUT2D eigenvalue weighted by atomic mass is 15.0. The van der Waals surface area contributed by atoms with Gasteiger partial charge >= 0.3 is 0 Å². The van der Waals surface area contributed by atoms with Crippen LogP contribution in [-0.4, -0.2) is 9.55 Å². The van der Waals surface area contributed by atoms with Gasteiger partial charge in [0.05, 0.1) is 12.0 Å². The third kappa shape index (κ3) is 2.51. The summed E-state index contributed by atoms with van der Waals surface area (Å²) < 4.78 is 2.15. The van der Waals surface area contributed by atoms with Crippen LogP contribution in [0.3, 0.4) is 0 Å². The molecule has 2 nitrogen and oxygen atoms in total. The van der Waals surface area contributed by atoms with Crippen LogP contribution >= 0.6 is 0 Å². The molecule has 0 N–H and O–H groups in total. The fraction of sp³-hybridized carbons (Fsp3) is 0.357. The number of aryl methyl sites for hydroxylation is 1. The minimum absolute atomic E-state index is 0.653. The summed E-state index contributed by atoms with van der Waals surface area (Å²) in [5.41, 5.74) is 3.53. The second kappa shape index (κ2) is 4.52. The fourth-order valence-corrected chi connectivity index (χ4v) is 1.75. The molecular weight excluding hydrogens is 196 g/mol. The van der Waals surface area contributed by atoms with Gasteiger partial charge in [-0.15, -0.1) is 0 Å². The molecule has 16 heavy (non-hydrogen) atoms. The predicted octanol–water partition coefficient (Wildman–Crippen LogP) is 3.51. The molecule has 2 aromatic rings. The van der Waals surface area contributed by atoms with Crippen molar-refractivity contribution in [2.45, 2.75) is 27.3 Å². The number of imidazole rings is 1. The van der Waals surface area contributed by atoms with Gasteiger partial charge in [0.25, 0.3) is 0 Å². The number of nitrogens with zero attached hydrogens (tertiary/aromatic N) is 2. The van der Waals surface area contributed by atoms with E-state index in [0.29, 0.717) is 5.92 Å². The molecule has 1 aromatic heterocycles. The second-order valence-electron chi connectivity index (χ2n) is 4.72. The van der Waals surface area contributed by atoms with E-state index in [0.717, 1.165) is 12.2 Å². The Balaban J connectivity index is 2.21. The minimum Gasteiger partial charge on any atom is -0.337 e. The van der Waals surface area contributed by atoms with Crippen LogP contribution in [0.2, 0.25) is 0 Å². The van der Waals surface area contributed by atoms with Crippen LogP contribution in [0.5, 0.6) is 0 Å². The first kappa shape index (κ1) is 10.9. The molecule has 0 bridgehead atoms. The van der Waals surface area contributed by atoms with Crippen molar-refractivity contribution in [2.75, 3.05) is 0 Å². The lowest BCUT2D eigenvalue weighted by Crippen LogP contribution is -2.00. The summed E-state index contributed by atoms with van der Waals surface area (Å²) in [5.74, 6) is 0.653. The van der Waals surface area contributed by atoms with Crippen molar-refractivity contribution >= 4 is 0 Å². The highest BCUT2D eigenvalue weighted by Crippen LogP contribution is 2.17. The van der Waals surface area contributed by atoms with E-state index < -0.39 is 0 Å². The van der Waals surface area contributed by atoms with Crippen molar-refractivity contribution in [2.24, 2.45) is 5.92 Å². The van der Waals surface area contributed by atoms with Crippen LogP contribution in [0.4, 0.5) is 0 Å². The fourth-order valence-electron chi connectivity index (χ4n) is 1.75. The summed E-state index contributed by atoms with van der Waals surface area (Å²) >= 11 is 0. The van der Waals surface area contributed by atoms with Crippen molar-refractivity contribution in [3.63, 3.8) is 0 Å². The molecule has 1 aromatic carbocycles. The van der Waals surface area contributed by atoms with Crippen LogP contribution in [0.15, 0.2) is 36.8 Å². The third-order valence-electron chi connectivity index (χ3n) is 2.56. The van der Waals surface area contributed by atoms with Crippen LogP contribution < -0.4 is 0 Å². The topological polar surface area (TPSA) is 17.8 Å². The van der Waals surface area contributed by atoms with E-state index in [-0.39, 0.29) is 0 Å². The van der Waals surface area contributed by atoms with Crippen LogP contribution in [0, 0.1) is 12.8 Å². The summed E-state index contributed by atoms with van der Waals surface area (Å²) in [6.45, 7) is 7.55. The zero-order chi connectivity index (χ0) is 11.5. The van der Waals surface area contributed by atoms with E-state index in [1.165, 1.54) is 11.1 Å². The highest BCUT2D eigenvalue weighted by molar-refractivity contribution is 5.58. The van der Waals surface area contributed by atoms with Crippen LogP contribution in [0.25, 0.3) is 11.3 Å². The standard InChI is InChI=1S/C14H18N2/c1-11(2)8-16-9-14(15-10-16)13-6-4-12(3)5-7-13/h4-7,9-11H,8H2,1-3H3. The summed E-state index contributed by atoms with van der Waals surface area (Å²) in [6, 6.07) is 8.49. The number of aromatic nitrogens is 2. The van der Waals surface area contributed by atoms with Gasteiger partial charge in [-0.25, -0.2) is 4.98 Å². The van der Waals surface area contributed by atoms with Gasteiger partial charge in [-0.1, -0.05) is 43.7 Å². The third-order valence-corrected chi connectivity index (χ3v) is 2.56. The summed E-state index contributed by atoms with van der Waals surface area (Å²) in [6.07, 6.45) is 4.03. The van der Waals surface area contributed by atoms with E-state index >= 15 is 0 Å². The van der Waals surface area contributed by atoms with Gasteiger partial charge in [0.2, 0.25) is 0 Å². The number of hydrogen-bond acceptors (Lipinski definition) is 1. The predicted molar refractivity (Wildman–Crippen MR) is 67.2 cm³/mol. The van der Waals surface area contributed by atoms with E-state index in [4.69, 9.17) is 0 Å². The molecule has 2 heteroatoms. The molecule has 1 heterocycles. The van der Waals surface area contributed by atoms with Crippen molar-refractivity contribution in [1.29, 1.82) is 0 Å². The average molecular weight is 214 g/mol. The first-order chi connectivity index (χ1) is 7.65. The van der Waals surface area contributed by atoms with Gasteiger partial charge in [-0.05, 0) is 12.8 Å². The summed E-state index contributed by atoms with van der Waals surface area (Å²) in [4.78, 5) is 4.43. The monoisotopic (exact) mass is 214 g/mol. The molecule has 84 valence electrons. The molecule has 0 fully saturated rings. The maximum absolute atomic E-state index is 4.43. The highest BCUT2D eigenvalue weighted by Gasteiger charge is 2.02. The molecule has 0 spiro atoms. The maximum Gasteiger partial charge on any atom is 0.0953 e. The van der Waals surface area contributed by atoms with Gasteiger partial charge < -0.3 is 4.57 Å². The molecular formula is C14H18N2. The Hall–Kier alpha value is -1.57. The Kier molecular flexibility index (Phi) is 3.09. The molecule has 0 atom stereocenters. The SMILES string of the molecule is Cc1ccc(-c2cn(CC(C)C)cn2)cc1. The van der Waals surface area contributed by atoms with Gasteiger partial charge in [-0.2, -0.15) is 0 Å². The van der Waals surface area contributed by atoms with Crippen molar-refractivity contribution in [3.05, 3.63) is 42.4 Å². The van der Waals surface area contributed by atoms with Gasteiger partial charge in [0.15, 0.2) is 0 Å². The first-order valence-corrected chi connectivity index (χ1v) is 5.74. The van der Waals surface area contributed by atoms with Gasteiger partial charge in [0.1, 0.15) is 0 Å². The lowest BCUT2D eigenvalue weighted by Gasteiger charge is -2.04. The number of hydrogen-bond donors (Lipinski definition) is 0. The average Bonchev–Trinajstić information content (AvgIpc) is 2.66. The number of rotatable bonds is 3.